The van der Waals surface area contributed by atoms with Crippen LogP contribution in [0.2, 0.25) is 0 Å². The van der Waals surface area contributed by atoms with Gasteiger partial charge in [0, 0.05) is 45.1 Å². The summed E-state index contributed by atoms with van der Waals surface area (Å²) in [5, 5.41) is 30.5. The average Bonchev–Trinajstić information content (AvgIpc) is 2.77. The third kappa shape index (κ3) is 8.08. The Balaban J connectivity index is 2.34. The van der Waals surface area contributed by atoms with Gasteiger partial charge in [0.25, 0.3) is 0 Å². The lowest BCUT2D eigenvalue weighted by Crippen LogP contribution is -2.34. The first-order chi connectivity index (χ1) is 17.4. The number of likely N-dealkylation sites (N-methyl/N-ethyl adjacent to an activating group) is 1. The Morgan fingerprint density at radius 3 is 2.35 bits per heavy atom. The first-order valence-electron chi connectivity index (χ1n) is 12.7. The quantitative estimate of drug-likeness (QED) is 0.245. The zero-order valence-electron chi connectivity index (χ0n) is 22.3. The van der Waals surface area contributed by atoms with Crippen molar-refractivity contribution in [2.75, 3.05) is 52.8 Å². The number of nitrogens with two attached hydrogens (primary N) is 1. The summed E-state index contributed by atoms with van der Waals surface area (Å²) in [5.74, 6) is -3.00. The number of amides is 1. The molecule has 0 saturated heterocycles. The second kappa shape index (κ2) is 13.6. The number of rotatable bonds is 15. The number of benzene rings is 1. The van der Waals surface area contributed by atoms with Gasteiger partial charge in [-0.25, -0.2) is 0 Å². The molecule has 0 fully saturated rings. The van der Waals surface area contributed by atoms with Crippen LogP contribution in [0.5, 0.6) is 5.75 Å². The fourth-order valence-electron chi connectivity index (χ4n) is 5.34. The van der Waals surface area contributed by atoms with Gasteiger partial charge in [-0.05, 0) is 68.8 Å². The zero-order valence-corrected chi connectivity index (χ0v) is 22.3. The van der Waals surface area contributed by atoms with Gasteiger partial charge in [0.05, 0.1) is 25.1 Å². The van der Waals surface area contributed by atoms with Crippen molar-refractivity contribution in [1.82, 2.24) is 4.90 Å². The number of anilines is 1. The van der Waals surface area contributed by atoms with E-state index in [2.05, 4.69) is 0 Å². The highest BCUT2D eigenvalue weighted by Crippen LogP contribution is 2.42. The van der Waals surface area contributed by atoms with E-state index in [1.54, 1.807) is 4.90 Å². The number of aliphatic hydroxyl groups excluding tert-OH is 2. The second-order valence-corrected chi connectivity index (χ2v) is 10.5. The SMILES string of the molecule is CN(C)CC(=O)CCc1cc(N(C)C)c2c(c1O)C(=O)CC(CC(CCO)C(CO)C(=O)CC(N)=O)C2. The fraction of sp³-hybridized carbons (Fsp3) is 0.630. The van der Waals surface area contributed by atoms with Gasteiger partial charge < -0.3 is 30.9 Å². The molecule has 2 rings (SSSR count). The van der Waals surface area contributed by atoms with Crippen molar-refractivity contribution in [3.05, 3.63) is 22.8 Å². The monoisotopic (exact) mass is 519 g/mol. The number of ketones is 3. The van der Waals surface area contributed by atoms with Crippen LogP contribution in [-0.2, 0) is 27.2 Å². The number of phenolic OH excluding ortho intramolecular Hbond substituents is 1. The number of aromatic hydroxyl groups is 1. The number of carbonyl (C=O) groups excluding carboxylic acids is 4. The largest absolute Gasteiger partial charge is 0.507 e. The van der Waals surface area contributed by atoms with Crippen LogP contribution >= 0.6 is 0 Å². The maximum absolute atomic E-state index is 13.3. The molecule has 10 nitrogen and oxygen atoms in total. The molecule has 0 aliphatic heterocycles. The number of nitrogens with zero attached hydrogens (tertiary/aromatic N) is 2. The van der Waals surface area contributed by atoms with E-state index in [0.717, 1.165) is 5.69 Å². The highest BCUT2D eigenvalue weighted by molar-refractivity contribution is 6.03. The summed E-state index contributed by atoms with van der Waals surface area (Å²) in [5.41, 5.74) is 7.48. The topological polar surface area (TPSA) is 161 Å². The van der Waals surface area contributed by atoms with E-state index >= 15 is 0 Å². The van der Waals surface area contributed by atoms with Crippen molar-refractivity contribution in [3.8, 4) is 5.75 Å². The van der Waals surface area contributed by atoms with Crippen LogP contribution in [0.15, 0.2) is 6.07 Å². The molecule has 206 valence electrons. The van der Waals surface area contributed by atoms with Gasteiger partial charge in [-0.15, -0.1) is 0 Å². The van der Waals surface area contributed by atoms with Crippen molar-refractivity contribution in [2.45, 2.75) is 44.9 Å². The standard InChI is InChI=1S/C27H41N3O7/c1-29(2)14-19(33)6-5-18-12-22(30(3)4)20-10-16(11-24(35)26(20)27(18)37)9-17(7-8-31)21(15-32)23(34)13-25(28)36/h12,16-17,21,31-32,37H,5-11,13-15H2,1-4H3,(H2,28,36). The normalized spacial score (nSPS) is 16.8. The lowest BCUT2D eigenvalue weighted by molar-refractivity contribution is -0.131. The van der Waals surface area contributed by atoms with E-state index in [9.17, 15) is 34.5 Å². The Kier molecular flexibility index (Phi) is 11.2. The van der Waals surface area contributed by atoms with Crippen LogP contribution in [0.1, 0.15) is 53.6 Å². The lowest BCUT2D eigenvalue weighted by Gasteiger charge is -2.33. The van der Waals surface area contributed by atoms with E-state index in [1.165, 1.54) is 0 Å². The predicted octanol–water partition coefficient (Wildman–Crippen LogP) is 0.708. The van der Waals surface area contributed by atoms with Gasteiger partial charge in [0.1, 0.15) is 17.3 Å². The minimum Gasteiger partial charge on any atom is -0.507 e. The number of hydrogen-bond acceptors (Lipinski definition) is 9. The highest BCUT2D eigenvalue weighted by Gasteiger charge is 2.36. The minimum atomic E-state index is -0.861. The number of hydrogen-bond donors (Lipinski definition) is 4. The molecule has 5 N–H and O–H groups in total. The van der Waals surface area contributed by atoms with Crippen LogP contribution < -0.4 is 10.6 Å². The van der Waals surface area contributed by atoms with Gasteiger partial charge in [-0.3, -0.25) is 19.2 Å². The number of aliphatic hydroxyl groups is 2. The van der Waals surface area contributed by atoms with Gasteiger partial charge >= 0.3 is 0 Å². The summed E-state index contributed by atoms with van der Waals surface area (Å²) in [4.78, 5) is 52.9. The van der Waals surface area contributed by atoms with E-state index in [0.29, 0.717) is 36.9 Å². The molecule has 1 aromatic rings. The zero-order chi connectivity index (χ0) is 27.9. The summed E-state index contributed by atoms with van der Waals surface area (Å²) >= 11 is 0. The molecule has 37 heavy (non-hydrogen) atoms. The Morgan fingerprint density at radius 2 is 1.81 bits per heavy atom. The Hall–Kier alpha value is -2.82. The van der Waals surface area contributed by atoms with Crippen molar-refractivity contribution >= 4 is 28.9 Å². The first-order valence-corrected chi connectivity index (χ1v) is 12.7. The van der Waals surface area contributed by atoms with Crippen molar-refractivity contribution in [3.63, 3.8) is 0 Å². The van der Waals surface area contributed by atoms with Gasteiger partial charge in [-0.1, -0.05) is 0 Å². The summed E-state index contributed by atoms with van der Waals surface area (Å²) in [6, 6.07) is 1.82. The van der Waals surface area contributed by atoms with Crippen LogP contribution in [0.25, 0.3) is 0 Å². The maximum Gasteiger partial charge on any atom is 0.224 e. The molecular weight excluding hydrogens is 478 g/mol. The van der Waals surface area contributed by atoms with E-state index in [-0.39, 0.29) is 54.7 Å². The minimum absolute atomic E-state index is 0.0409. The van der Waals surface area contributed by atoms with Crippen LogP contribution in [0, 0.1) is 17.8 Å². The van der Waals surface area contributed by atoms with Crippen LogP contribution in [0.3, 0.4) is 0 Å². The molecule has 3 unspecified atom stereocenters. The maximum atomic E-state index is 13.3. The molecule has 10 heteroatoms. The average molecular weight is 520 g/mol. The molecule has 1 aliphatic carbocycles. The van der Waals surface area contributed by atoms with Crippen LogP contribution in [0.4, 0.5) is 5.69 Å². The number of primary amides is 1. The molecule has 0 spiro atoms. The van der Waals surface area contributed by atoms with Gasteiger partial charge in [0.2, 0.25) is 5.91 Å². The summed E-state index contributed by atoms with van der Waals surface area (Å²) in [7, 11) is 7.32. The molecule has 0 aromatic heterocycles. The summed E-state index contributed by atoms with van der Waals surface area (Å²) < 4.78 is 0. The molecule has 1 aromatic carbocycles. The molecule has 0 saturated carbocycles. The molecular formula is C27H41N3O7. The van der Waals surface area contributed by atoms with Crippen molar-refractivity contribution in [1.29, 1.82) is 0 Å². The third-order valence-corrected chi connectivity index (χ3v) is 7.02. The summed E-state index contributed by atoms with van der Waals surface area (Å²) in [6.07, 6.45) is 1.31. The molecule has 0 heterocycles. The number of fused-ring (bicyclic) bond motifs is 1. The molecule has 0 radical (unpaired) electrons. The molecule has 1 aliphatic rings. The highest BCUT2D eigenvalue weighted by atomic mass is 16.3. The molecule has 1 amide bonds. The molecule has 3 atom stereocenters. The van der Waals surface area contributed by atoms with E-state index in [1.807, 2.05) is 39.2 Å². The fourth-order valence-corrected chi connectivity index (χ4v) is 5.34. The summed E-state index contributed by atoms with van der Waals surface area (Å²) in [6.45, 7) is -0.381. The molecule has 0 bridgehead atoms. The van der Waals surface area contributed by atoms with E-state index < -0.39 is 36.6 Å². The van der Waals surface area contributed by atoms with E-state index in [4.69, 9.17) is 5.73 Å². The Bertz CT molecular complexity index is 1010. The number of carbonyl (C=O) groups is 4. The van der Waals surface area contributed by atoms with Gasteiger partial charge in [-0.2, -0.15) is 0 Å². The predicted molar refractivity (Wildman–Crippen MR) is 140 cm³/mol. The number of phenols is 1. The van der Waals surface area contributed by atoms with Crippen molar-refractivity contribution < 1.29 is 34.5 Å². The number of Topliss-reactive ketones (excluding diaryl/α,β-unsaturated/α-hetero) is 3. The van der Waals surface area contributed by atoms with Crippen molar-refractivity contribution in [2.24, 2.45) is 23.5 Å². The second-order valence-electron chi connectivity index (χ2n) is 10.5. The third-order valence-electron chi connectivity index (χ3n) is 7.02. The lowest BCUT2D eigenvalue weighted by atomic mass is 9.73. The Morgan fingerprint density at radius 1 is 1.14 bits per heavy atom. The van der Waals surface area contributed by atoms with Crippen LogP contribution in [-0.4, -0.2) is 91.4 Å². The smallest absolute Gasteiger partial charge is 0.224 e. The van der Waals surface area contributed by atoms with Gasteiger partial charge in [0.15, 0.2) is 5.78 Å². The number of aryl methyl sites for hydroxylation is 1. The first kappa shape index (κ1) is 30.4. The Labute approximate surface area is 218 Å².